The van der Waals surface area contributed by atoms with Gasteiger partial charge in [-0.25, -0.2) is 79.2 Å². The van der Waals surface area contributed by atoms with Crippen LogP contribution in [0, 0.1) is 46.5 Å². The van der Waals surface area contributed by atoms with Gasteiger partial charge in [-0.2, -0.15) is 0 Å². The molecule has 46 heteroatoms. The van der Waals surface area contributed by atoms with Crippen molar-refractivity contribution in [2.45, 2.75) is 89.4 Å². The first-order chi connectivity index (χ1) is 60.5. The first-order valence-electron chi connectivity index (χ1n) is 39.1. The van der Waals surface area contributed by atoms with Gasteiger partial charge in [0.05, 0.1) is 89.6 Å². The number of rotatable bonds is 13. The molecule has 32 nitrogen and oxygen atoms in total. The van der Waals surface area contributed by atoms with E-state index in [1.54, 1.807) is 61.5 Å². The number of benzene rings is 4. The molecule has 0 saturated carbocycles. The lowest BCUT2D eigenvalue weighted by atomic mass is 9.89. The Bertz CT molecular complexity index is 5680. The number of fused-ring (bicyclic) bond motifs is 12. The lowest BCUT2D eigenvalue weighted by Gasteiger charge is -2.51. The van der Waals surface area contributed by atoms with E-state index in [0.717, 1.165) is 64.9 Å². The molecule has 4 atom stereocenters. The number of halogens is 10. The lowest BCUT2D eigenvalue weighted by molar-refractivity contribution is -0.129. The number of anilines is 8. The largest absolute Gasteiger partial charge is 0.377 e. The number of aromatic nitrogens is 14. The van der Waals surface area contributed by atoms with Gasteiger partial charge in [0.15, 0.2) is 46.5 Å². The van der Waals surface area contributed by atoms with E-state index >= 15 is 0 Å². The number of nitrogens with zero attached hydrogens (tertiary/aromatic N) is 22. The van der Waals surface area contributed by atoms with E-state index in [1.165, 1.54) is 47.5 Å². The summed E-state index contributed by atoms with van der Waals surface area (Å²) < 4.78 is 154. The predicted molar refractivity (Wildman–Crippen MR) is 460 cm³/mol. The van der Waals surface area contributed by atoms with Crippen molar-refractivity contribution in [3.63, 3.8) is 0 Å². The van der Waals surface area contributed by atoms with Gasteiger partial charge in [0, 0.05) is 117 Å². The molecule has 0 spiro atoms. The molecule has 4 saturated heterocycles. The van der Waals surface area contributed by atoms with Crippen LogP contribution in [0.1, 0.15) is 77.0 Å². The minimum Gasteiger partial charge on any atom is -0.377 e. The Morgan fingerprint density at radius 3 is 0.961 bits per heavy atom. The number of amides is 4. The van der Waals surface area contributed by atoms with Crippen LogP contribution in [-0.2, 0) is 53.8 Å². The van der Waals surface area contributed by atoms with Crippen LogP contribution in [0.3, 0.4) is 0 Å². The normalized spacial score (nSPS) is 20.1. The fourth-order valence-electron chi connectivity index (χ4n) is 16.4. The zero-order chi connectivity index (χ0) is 89.6. The van der Waals surface area contributed by atoms with E-state index in [0.29, 0.717) is 162 Å². The maximum absolute atomic E-state index is 14.4. The van der Waals surface area contributed by atoms with Crippen LogP contribution in [0.15, 0.2) is 97.6 Å². The quantitative estimate of drug-likeness (QED) is 0.0588. The van der Waals surface area contributed by atoms with Crippen molar-refractivity contribution in [1.82, 2.24) is 68.6 Å². The van der Waals surface area contributed by atoms with Crippen LogP contribution in [0.2, 0.25) is 0 Å². The Labute approximate surface area is 744 Å². The molecule has 15 heterocycles. The first kappa shape index (κ1) is 91.8. The minimum atomic E-state index is -1.67. The van der Waals surface area contributed by atoms with Crippen molar-refractivity contribution in [1.29, 1.82) is 0 Å². The molecule has 0 radical (unpaired) electrons. The zero-order valence-corrected chi connectivity index (χ0v) is 72.9. The SMILES string of the molecule is C.CCC12COCCN1c1nc(-c3snnc3-c3ccc(F)cc3F)ncc1N(C)C2=O.CCC12COCCN1c1nc(CC(=O)c3ccc(F)cc3F)ncc1N(C)C2=O.CC[C@@]12COCCN1c1nc(-c3snnc3-c3ccc(F)cc3F)ncc1N(C)C2=O.CC[C@]12COCCN1c1nc(-c3snnc3-c3ccc(F)cc3F)ncc1N(C)C2=O.O=S(Cl)Cl. The summed E-state index contributed by atoms with van der Waals surface area (Å²) in [5.41, 5.74) is -0.155. The standard InChI is InChI=1S/3C20H18F2N6O2S.C20H20F2N4O3.CH4.Cl2OS/c3*1-3-20-10-30-7-6-28(20)18-14(27(2)19(20)29)9-23-17(24-18)16-15(25-26-31-16)12-5-4-11(21)8-13(12)22;1-3-20-11-29-7-6-26(20)18-15(25(2)19(20)28)10-23-17(24-18)9-16(27)13-5-4-12(21)8-14(13)22;;1-4(2)3/h3*4-5,8-9H,3,6-7,10H2,1-2H3;4-5,8,10H,3,6-7,9,11H2,1-2H3;1H4;/t2*20-;;;;/m10..../s1. The van der Waals surface area contributed by atoms with E-state index in [-0.39, 0.29) is 109 Å². The molecule has 2 unspecified atom stereocenters. The van der Waals surface area contributed by atoms with Gasteiger partial charge < -0.3 is 58.1 Å². The van der Waals surface area contributed by atoms with Crippen molar-refractivity contribution in [2.24, 2.45) is 0 Å². The highest BCUT2D eigenvalue weighted by molar-refractivity contribution is 8.26. The van der Waals surface area contributed by atoms with Crippen molar-refractivity contribution < 1.29 is 82.3 Å². The number of hydrogen-bond acceptors (Lipinski definition) is 31. The molecule has 8 aliphatic heterocycles. The van der Waals surface area contributed by atoms with E-state index in [9.17, 15) is 59.1 Å². The van der Waals surface area contributed by atoms with Gasteiger partial charge >= 0.3 is 0 Å². The third-order valence-corrected chi connectivity index (χ3v) is 25.3. The molecule has 0 N–H and O–H groups in total. The summed E-state index contributed by atoms with van der Waals surface area (Å²) in [5.74, 6) is -3.23. The van der Waals surface area contributed by atoms with E-state index in [2.05, 4.69) is 75.0 Å². The molecule has 19 rings (SSSR count). The molecule has 4 amide bonds. The fraction of sp³-hybridized carbons (Fsp3) is 0.370. The van der Waals surface area contributed by atoms with Crippen LogP contribution in [-0.4, -0.2) is 232 Å². The number of ketones is 1. The van der Waals surface area contributed by atoms with E-state index < -0.39 is 83.7 Å². The maximum atomic E-state index is 14.4. The van der Waals surface area contributed by atoms with Gasteiger partial charge in [-0.3, -0.25) is 24.0 Å². The molecule has 11 aromatic rings. The van der Waals surface area contributed by atoms with Gasteiger partial charge in [-0.05, 0) is 109 Å². The first-order valence-corrected chi connectivity index (χ1v) is 44.2. The number of morpholine rings is 4. The van der Waals surface area contributed by atoms with Crippen molar-refractivity contribution in [2.75, 3.05) is 146 Å². The van der Waals surface area contributed by atoms with Crippen LogP contribution in [0.5, 0.6) is 0 Å². The highest BCUT2D eigenvalue weighted by atomic mass is 36.0. The third-order valence-electron chi connectivity index (χ3n) is 23.1. The molecular weight excluding hydrogens is 1790 g/mol. The Morgan fingerprint density at radius 2 is 0.685 bits per heavy atom. The Hall–Kier alpha value is -11.4. The summed E-state index contributed by atoms with van der Waals surface area (Å²) >= 11 is 3.08. The van der Waals surface area contributed by atoms with Gasteiger partial charge in [0.25, 0.3) is 23.6 Å². The number of Topliss-reactive ketones (excluding diaryl/α,β-unsaturated/α-hetero) is 1. The Kier molecular flexibility index (Phi) is 27.1. The maximum Gasteiger partial charge on any atom is 0.255 e. The van der Waals surface area contributed by atoms with Crippen molar-refractivity contribution in [3.05, 3.63) is 156 Å². The molecule has 0 aliphatic carbocycles. The number of hydrogen-bond donors (Lipinski definition) is 0. The predicted octanol–water partition coefficient (Wildman–Crippen LogP) is 12.5. The average Bonchev–Trinajstić information content (AvgIpc) is 1.41. The summed E-state index contributed by atoms with van der Waals surface area (Å²) in [6.07, 6.45) is 8.21. The van der Waals surface area contributed by atoms with Gasteiger partial charge in [0.2, 0.25) is 9.23 Å². The minimum absolute atomic E-state index is 0. The highest BCUT2D eigenvalue weighted by Crippen LogP contribution is 2.49. The number of likely N-dealkylation sites (N-methyl/N-ethyl adjacent to an activating group) is 4. The molecule has 4 aromatic carbocycles. The van der Waals surface area contributed by atoms with Crippen molar-refractivity contribution in [3.8, 4) is 65.9 Å². The summed E-state index contributed by atoms with van der Waals surface area (Å²) in [5, 5.41) is 12.1. The summed E-state index contributed by atoms with van der Waals surface area (Å²) in [6.45, 7) is 12.8. The van der Waals surface area contributed by atoms with Gasteiger partial charge in [-0.15, -0.1) is 15.3 Å². The molecule has 666 valence electrons. The monoisotopic (exact) mass is 1870 g/mol. The summed E-state index contributed by atoms with van der Waals surface area (Å²) in [7, 11) is 14.1. The topological polar surface area (TPSA) is 346 Å². The second-order valence-corrected chi connectivity index (χ2v) is 34.4. The number of carbonyl (C=O) groups is 5. The highest BCUT2D eigenvalue weighted by Gasteiger charge is 2.56. The molecule has 8 aliphatic rings. The van der Waals surface area contributed by atoms with E-state index in [1.807, 2.05) is 47.3 Å². The molecule has 4 fully saturated rings. The molecular formula is C81H78Cl2F8N22O10S4. The van der Waals surface area contributed by atoms with Crippen LogP contribution in [0.25, 0.3) is 65.9 Å². The smallest absolute Gasteiger partial charge is 0.255 e. The summed E-state index contributed by atoms with van der Waals surface area (Å²) in [6, 6.07) is 12.7. The number of carbonyl (C=O) groups excluding carboxylic acids is 5. The fourth-order valence-corrected chi connectivity index (χ4v) is 18.2. The Morgan fingerprint density at radius 1 is 0.417 bits per heavy atom. The van der Waals surface area contributed by atoms with Crippen LogP contribution in [0.4, 0.5) is 81.1 Å². The van der Waals surface area contributed by atoms with Crippen molar-refractivity contribution >= 4 is 141 Å². The molecule has 7 aromatic heterocycles. The molecule has 127 heavy (non-hydrogen) atoms. The lowest BCUT2D eigenvalue weighted by Crippen LogP contribution is -2.68. The second kappa shape index (κ2) is 37.5. The Balaban J connectivity index is 0.000000135. The van der Waals surface area contributed by atoms with Crippen LogP contribution >= 0.6 is 56.0 Å². The summed E-state index contributed by atoms with van der Waals surface area (Å²) in [4.78, 5) is 117. The second-order valence-electron chi connectivity index (χ2n) is 29.6. The van der Waals surface area contributed by atoms with E-state index in [4.69, 9.17) is 38.1 Å². The zero-order valence-electron chi connectivity index (χ0n) is 68.1. The third kappa shape index (κ3) is 16.8. The van der Waals surface area contributed by atoms with Crippen LogP contribution < -0.4 is 39.2 Å². The average molecular weight is 1870 g/mol. The van der Waals surface area contributed by atoms with Gasteiger partial charge in [0.1, 0.15) is 129 Å². The molecule has 0 bridgehead atoms. The number of ether oxygens (including phenoxy) is 4. The van der Waals surface area contributed by atoms with Gasteiger partial charge in [-0.1, -0.05) is 48.6 Å².